The Bertz CT molecular complexity index is 1120. The topological polar surface area (TPSA) is 116 Å². The second-order valence-electron chi connectivity index (χ2n) is 8.64. The van der Waals surface area contributed by atoms with Crippen LogP contribution in [0.25, 0.3) is 0 Å². The van der Waals surface area contributed by atoms with Crippen LogP contribution < -0.4 is 10.1 Å². The molecule has 2 aromatic carbocycles. The average Bonchev–Trinajstić information content (AvgIpc) is 2.88. The van der Waals surface area contributed by atoms with Crippen LogP contribution in [0.1, 0.15) is 30.9 Å². The molecule has 0 unspecified atom stereocenters. The molecule has 1 aliphatic carbocycles. The Morgan fingerprint density at radius 3 is 2.47 bits per heavy atom. The Morgan fingerprint density at radius 2 is 1.83 bits per heavy atom. The van der Waals surface area contributed by atoms with E-state index in [1.807, 2.05) is 43.3 Å². The number of halogens is 1. The van der Waals surface area contributed by atoms with Gasteiger partial charge in [0.25, 0.3) is 5.91 Å². The zero-order valence-electron chi connectivity index (χ0n) is 20.3. The predicted octanol–water partition coefficient (Wildman–Crippen LogP) is 2.52. The van der Waals surface area contributed by atoms with E-state index < -0.39 is 35.8 Å². The molecule has 0 saturated heterocycles. The van der Waals surface area contributed by atoms with E-state index >= 15 is 0 Å². The summed E-state index contributed by atoms with van der Waals surface area (Å²) in [5.41, 5.74) is 2.15. The normalized spacial score (nSPS) is 19.2. The summed E-state index contributed by atoms with van der Waals surface area (Å²) in [7, 11) is 0. The molecule has 3 N–H and O–H groups in total. The molecule has 0 heterocycles. The van der Waals surface area contributed by atoms with Gasteiger partial charge in [0.15, 0.2) is 0 Å². The zero-order valence-corrected chi connectivity index (χ0v) is 22.5. The fraction of sp³-hybridized carbons (Fsp3) is 0.370. The van der Waals surface area contributed by atoms with Crippen LogP contribution >= 0.6 is 22.6 Å². The number of Topliss-reactive ketones (excluding diaryl/α,β-unsaturated/α-hetero) is 1. The molecule has 3 rings (SSSR count). The number of ether oxygens (including phenoxy) is 1. The lowest BCUT2D eigenvalue weighted by Gasteiger charge is -2.40. The van der Waals surface area contributed by atoms with Gasteiger partial charge in [-0.25, -0.2) is 0 Å². The molecule has 0 aliphatic heterocycles. The molecule has 192 valence electrons. The summed E-state index contributed by atoms with van der Waals surface area (Å²) in [4.78, 5) is 39.9. The Morgan fingerprint density at radius 1 is 1.14 bits per heavy atom. The summed E-state index contributed by atoms with van der Waals surface area (Å²) in [5, 5.41) is 23.2. The number of benzene rings is 2. The fourth-order valence-electron chi connectivity index (χ4n) is 4.01. The number of nitrogens with zero attached hydrogens (tertiary/aromatic N) is 1. The highest BCUT2D eigenvalue weighted by Gasteiger charge is 2.41. The lowest BCUT2D eigenvalue weighted by molar-refractivity contribution is -0.149. The SMILES string of the molecule is CCC(=O)C(=O)N(Cc1ccc(C)cc1)[C@@H]1CC(C(=O)NCCO)=C[C@H](Oc2ccccc2I)[C@H]1O. The van der Waals surface area contributed by atoms with Gasteiger partial charge in [-0.2, -0.15) is 0 Å². The first-order valence-electron chi connectivity index (χ1n) is 11.8. The van der Waals surface area contributed by atoms with Gasteiger partial charge in [0, 0.05) is 31.5 Å². The fourth-order valence-corrected chi connectivity index (χ4v) is 4.52. The van der Waals surface area contributed by atoms with Crippen LogP contribution in [0.4, 0.5) is 0 Å². The van der Waals surface area contributed by atoms with Crippen LogP contribution in [-0.2, 0) is 20.9 Å². The van der Waals surface area contributed by atoms with Crippen molar-refractivity contribution >= 4 is 40.2 Å². The van der Waals surface area contributed by atoms with E-state index in [0.29, 0.717) is 11.3 Å². The first kappa shape index (κ1) is 27.8. The smallest absolute Gasteiger partial charge is 0.290 e. The second kappa shape index (κ2) is 13.0. The minimum atomic E-state index is -1.20. The minimum absolute atomic E-state index is 0.0217. The number of aryl methyl sites for hydroxylation is 1. The third-order valence-electron chi connectivity index (χ3n) is 6.01. The Hall–Kier alpha value is -2.76. The maximum atomic E-state index is 13.2. The van der Waals surface area contributed by atoms with Gasteiger partial charge >= 0.3 is 0 Å². The number of ketones is 1. The van der Waals surface area contributed by atoms with E-state index in [1.165, 1.54) is 4.90 Å². The standard InChI is InChI=1S/C27H31IN2O6/c1-3-22(32)27(35)30(16-18-10-8-17(2)9-11-18)21-14-19(26(34)29-12-13-31)15-24(25(21)33)36-23-7-5-4-6-20(23)28/h4-11,15,21,24-25,31,33H,3,12-14,16H2,1-2H3,(H,29,34)/t21-,24+,25+/m1/s1. The third-order valence-corrected chi connectivity index (χ3v) is 6.90. The minimum Gasteiger partial charge on any atom is -0.482 e. The van der Waals surface area contributed by atoms with Crippen LogP contribution in [0, 0.1) is 10.5 Å². The summed E-state index contributed by atoms with van der Waals surface area (Å²) in [5.74, 6) is -1.20. The number of carbonyl (C=O) groups excluding carboxylic acids is 3. The lowest BCUT2D eigenvalue weighted by Crippen LogP contribution is -2.56. The number of carbonyl (C=O) groups is 3. The molecule has 0 spiro atoms. The average molecular weight is 606 g/mol. The molecule has 0 aromatic heterocycles. The second-order valence-corrected chi connectivity index (χ2v) is 9.80. The molecule has 2 amide bonds. The van der Waals surface area contributed by atoms with Gasteiger partial charge in [0.1, 0.15) is 18.0 Å². The van der Waals surface area contributed by atoms with Crippen LogP contribution in [0.3, 0.4) is 0 Å². The van der Waals surface area contributed by atoms with E-state index in [0.717, 1.165) is 14.7 Å². The van der Waals surface area contributed by atoms with Crippen molar-refractivity contribution in [2.45, 2.75) is 51.5 Å². The maximum Gasteiger partial charge on any atom is 0.290 e. The van der Waals surface area contributed by atoms with Gasteiger partial charge < -0.3 is 25.2 Å². The molecule has 2 aromatic rings. The Kier molecular flexibility index (Phi) is 10.0. The molecule has 1 aliphatic rings. The first-order valence-corrected chi connectivity index (χ1v) is 12.9. The van der Waals surface area contributed by atoms with Crippen molar-refractivity contribution in [1.82, 2.24) is 10.2 Å². The van der Waals surface area contributed by atoms with Gasteiger partial charge in [0.05, 0.1) is 16.2 Å². The number of hydrogen-bond acceptors (Lipinski definition) is 6. The van der Waals surface area contributed by atoms with E-state index in [4.69, 9.17) is 9.84 Å². The van der Waals surface area contributed by atoms with E-state index in [2.05, 4.69) is 27.9 Å². The maximum absolute atomic E-state index is 13.2. The molecule has 3 atom stereocenters. The van der Waals surface area contributed by atoms with Gasteiger partial charge in [0.2, 0.25) is 11.7 Å². The molecule has 0 saturated carbocycles. The van der Waals surface area contributed by atoms with Gasteiger partial charge in [-0.3, -0.25) is 14.4 Å². The number of nitrogens with one attached hydrogen (secondary N) is 1. The van der Waals surface area contributed by atoms with Gasteiger partial charge in [-0.15, -0.1) is 0 Å². The molecular formula is C27H31IN2O6. The van der Waals surface area contributed by atoms with Crippen molar-refractivity contribution in [1.29, 1.82) is 0 Å². The quantitative estimate of drug-likeness (QED) is 0.283. The highest BCUT2D eigenvalue weighted by Crippen LogP contribution is 2.30. The van der Waals surface area contributed by atoms with Crippen molar-refractivity contribution in [3.05, 3.63) is 74.9 Å². The number of aliphatic hydroxyl groups is 2. The van der Waals surface area contributed by atoms with Gasteiger partial charge in [-0.1, -0.05) is 48.9 Å². The summed E-state index contributed by atoms with van der Waals surface area (Å²) in [6.07, 6.45) is -0.547. The number of aliphatic hydroxyl groups excluding tert-OH is 2. The van der Waals surface area contributed by atoms with Crippen molar-refractivity contribution < 1.29 is 29.3 Å². The molecule has 8 nitrogen and oxygen atoms in total. The Balaban J connectivity index is 2.00. The van der Waals surface area contributed by atoms with Crippen molar-refractivity contribution in [2.24, 2.45) is 0 Å². The highest BCUT2D eigenvalue weighted by atomic mass is 127. The van der Waals surface area contributed by atoms with Crippen molar-refractivity contribution in [2.75, 3.05) is 13.2 Å². The largest absolute Gasteiger partial charge is 0.482 e. The summed E-state index contributed by atoms with van der Waals surface area (Å²) in [6, 6.07) is 13.9. The molecule has 0 radical (unpaired) electrons. The van der Waals surface area contributed by atoms with E-state index in [-0.39, 0.29) is 32.5 Å². The van der Waals surface area contributed by atoms with Crippen LogP contribution in [0.5, 0.6) is 5.75 Å². The lowest BCUT2D eigenvalue weighted by atomic mass is 9.87. The van der Waals surface area contributed by atoms with Crippen molar-refractivity contribution in [3.8, 4) is 5.75 Å². The number of para-hydroxylation sites is 1. The predicted molar refractivity (Wildman–Crippen MR) is 143 cm³/mol. The zero-order chi connectivity index (χ0) is 26.2. The molecular weight excluding hydrogens is 575 g/mol. The first-order chi connectivity index (χ1) is 17.2. The third kappa shape index (κ3) is 6.92. The highest BCUT2D eigenvalue weighted by molar-refractivity contribution is 14.1. The molecule has 36 heavy (non-hydrogen) atoms. The number of amides is 2. The van der Waals surface area contributed by atoms with E-state index in [1.54, 1.807) is 25.1 Å². The molecule has 0 fully saturated rings. The van der Waals surface area contributed by atoms with E-state index in [9.17, 15) is 19.5 Å². The number of hydrogen-bond donors (Lipinski definition) is 3. The summed E-state index contributed by atoms with van der Waals surface area (Å²) in [6.45, 7) is 3.49. The van der Waals surface area contributed by atoms with Crippen LogP contribution in [0.2, 0.25) is 0 Å². The van der Waals surface area contributed by atoms with Crippen LogP contribution in [-0.4, -0.2) is 64.1 Å². The summed E-state index contributed by atoms with van der Waals surface area (Å²) < 4.78 is 6.93. The molecule has 9 heteroatoms. The molecule has 0 bridgehead atoms. The van der Waals surface area contributed by atoms with Crippen molar-refractivity contribution in [3.63, 3.8) is 0 Å². The monoisotopic (exact) mass is 606 g/mol. The number of rotatable bonds is 10. The summed E-state index contributed by atoms with van der Waals surface area (Å²) >= 11 is 2.12. The Labute approximate surface area is 224 Å². The van der Waals surface area contributed by atoms with Crippen LogP contribution in [0.15, 0.2) is 60.2 Å². The van der Waals surface area contributed by atoms with Gasteiger partial charge in [-0.05, 0) is 53.3 Å².